The molecule has 1 heterocycles. The predicted molar refractivity (Wildman–Crippen MR) is 61.2 cm³/mol. The van der Waals surface area contributed by atoms with E-state index in [1.807, 2.05) is 0 Å². The van der Waals surface area contributed by atoms with Gasteiger partial charge in [0.05, 0.1) is 4.90 Å². The summed E-state index contributed by atoms with van der Waals surface area (Å²) in [5, 5.41) is 11.8. The van der Waals surface area contributed by atoms with Crippen molar-refractivity contribution in [2.45, 2.75) is 22.6 Å². The first-order chi connectivity index (χ1) is 8.01. The van der Waals surface area contributed by atoms with Crippen molar-refractivity contribution in [2.75, 3.05) is 6.54 Å². The summed E-state index contributed by atoms with van der Waals surface area (Å²) >= 11 is 0. The third-order valence-corrected chi connectivity index (χ3v) is 5.31. The number of hydrogen-bond acceptors (Lipinski definition) is 4. The molecular weight excluding hydrogens is 242 g/mol. The second kappa shape index (κ2) is 4.12. The molecule has 1 aliphatic rings. The molecule has 0 bridgehead atoms. The topological polar surface area (TPSA) is 83.5 Å². The molecule has 0 aromatic heterocycles. The van der Waals surface area contributed by atoms with Crippen molar-refractivity contribution in [3.8, 4) is 0 Å². The van der Waals surface area contributed by atoms with E-state index in [0.717, 1.165) is 0 Å². The van der Waals surface area contributed by atoms with Crippen molar-refractivity contribution >= 4 is 15.8 Å². The number of benzene rings is 1. The lowest BCUT2D eigenvalue weighted by molar-refractivity contribution is -0.140. The van der Waals surface area contributed by atoms with Crippen LogP contribution in [0, 0.1) is 0 Å². The van der Waals surface area contributed by atoms with E-state index in [4.69, 9.17) is 0 Å². The van der Waals surface area contributed by atoms with Crippen LogP contribution in [0.1, 0.15) is 12.8 Å². The maximum absolute atomic E-state index is 12.4. The van der Waals surface area contributed by atoms with Crippen LogP contribution in [-0.4, -0.2) is 30.9 Å². The standard InChI is InChI=1S/C11H13NO4S/c13-10(14)11(7-4-8-12-11)17(15,16)9-5-2-1-3-6-9/h1-3,5-6,12H,4,7-8H2,(H,13,14)/t11-/m1/s1. The molecule has 6 heteroatoms. The van der Waals surface area contributed by atoms with Gasteiger partial charge < -0.3 is 5.11 Å². The Bertz CT molecular complexity index is 518. The minimum Gasteiger partial charge on any atom is -0.479 e. The molecule has 1 aromatic carbocycles. The number of aliphatic carboxylic acids is 1. The molecular formula is C11H13NO4S. The fourth-order valence-corrected chi connectivity index (χ4v) is 3.90. The number of rotatable bonds is 3. The van der Waals surface area contributed by atoms with Crippen molar-refractivity contribution in [3.63, 3.8) is 0 Å². The average Bonchev–Trinajstić information content (AvgIpc) is 2.81. The van der Waals surface area contributed by atoms with Crippen molar-refractivity contribution in [1.29, 1.82) is 0 Å². The summed E-state index contributed by atoms with van der Waals surface area (Å²) < 4.78 is 24.7. The smallest absolute Gasteiger partial charge is 0.340 e. The van der Waals surface area contributed by atoms with E-state index in [1.165, 1.54) is 12.1 Å². The van der Waals surface area contributed by atoms with Gasteiger partial charge in [0.1, 0.15) is 0 Å². The number of hydrogen-bond donors (Lipinski definition) is 2. The molecule has 0 amide bonds. The summed E-state index contributed by atoms with van der Waals surface area (Å²) in [7, 11) is -3.91. The molecule has 0 spiro atoms. The largest absolute Gasteiger partial charge is 0.479 e. The quantitative estimate of drug-likeness (QED) is 0.827. The van der Waals surface area contributed by atoms with Crippen LogP contribution in [0.2, 0.25) is 0 Å². The highest BCUT2D eigenvalue weighted by molar-refractivity contribution is 7.93. The van der Waals surface area contributed by atoms with Gasteiger partial charge in [0.15, 0.2) is 0 Å². The number of nitrogens with one attached hydrogen (secondary N) is 1. The Morgan fingerprint density at radius 3 is 2.41 bits per heavy atom. The zero-order valence-corrected chi connectivity index (χ0v) is 9.90. The van der Waals surface area contributed by atoms with E-state index in [0.29, 0.717) is 13.0 Å². The Kier molecular flexibility index (Phi) is 2.92. The molecule has 1 aromatic rings. The van der Waals surface area contributed by atoms with Gasteiger partial charge in [-0.15, -0.1) is 0 Å². The van der Waals surface area contributed by atoms with E-state index in [-0.39, 0.29) is 11.3 Å². The Balaban J connectivity index is 2.55. The Morgan fingerprint density at radius 1 is 1.29 bits per heavy atom. The summed E-state index contributed by atoms with van der Waals surface area (Å²) in [5.41, 5.74) is 0. The number of carboxylic acids is 1. The third kappa shape index (κ3) is 1.73. The van der Waals surface area contributed by atoms with Crippen LogP contribution in [0.5, 0.6) is 0 Å². The first-order valence-corrected chi connectivity index (χ1v) is 6.77. The molecule has 5 nitrogen and oxygen atoms in total. The Morgan fingerprint density at radius 2 is 1.94 bits per heavy atom. The zero-order valence-electron chi connectivity index (χ0n) is 9.09. The summed E-state index contributed by atoms with van der Waals surface area (Å²) in [6.45, 7) is 0.401. The van der Waals surface area contributed by atoms with Crippen molar-refractivity contribution in [3.05, 3.63) is 30.3 Å². The molecule has 1 aliphatic heterocycles. The Labute approximate surface area is 99.4 Å². The molecule has 17 heavy (non-hydrogen) atoms. The first kappa shape index (κ1) is 12.1. The van der Waals surface area contributed by atoms with Crippen LogP contribution >= 0.6 is 0 Å². The highest BCUT2D eigenvalue weighted by Gasteiger charge is 2.53. The van der Waals surface area contributed by atoms with Gasteiger partial charge in [0.25, 0.3) is 0 Å². The van der Waals surface area contributed by atoms with E-state index in [9.17, 15) is 18.3 Å². The molecule has 1 fully saturated rings. The number of sulfone groups is 1. The van der Waals surface area contributed by atoms with Gasteiger partial charge in [-0.1, -0.05) is 18.2 Å². The SMILES string of the molecule is O=C(O)[C@]1(S(=O)(=O)c2ccccc2)CCCN1. The van der Waals surface area contributed by atoms with Gasteiger partial charge in [0, 0.05) is 0 Å². The second-order valence-corrected chi connectivity index (χ2v) is 6.15. The van der Waals surface area contributed by atoms with Crippen molar-refractivity contribution in [1.82, 2.24) is 5.32 Å². The minimum atomic E-state index is -3.91. The predicted octanol–water partition coefficient (Wildman–Crippen LogP) is 0.625. The lowest BCUT2D eigenvalue weighted by atomic mass is 10.2. The molecule has 1 saturated heterocycles. The third-order valence-electron chi connectivity index (χ3n) is 2.97. The monoisotopic (exact) mass is 255 g/mol. The van der Waals surface area contributed by atoms with E-state index in [1.54, 1.807) is 18.2 Å². The molecule has 0 saturated carbocycles. The minimum absolute atomic E-state index is 0.0387. The second-order valence-electron chi connectivity index (χ2n) is 3.98. The average molecular weight is 255 g/mol. The van der Waals surface area contributed by atoms with Gasteiger partial charge in [0.2, 0.25) is 14.7 Å². The van der Waals surface area contributed by atoms with Crippen LogP contribution in [0.4, 0.5) is 0 Å². The molecule has 0 unspecified atom stereocenters. The van der Waals surface area contributed by atoms with Gasteiger partial charge in [-0.3, -0.25) is 5.32 Å². The normalized spacial score (nSPS) is 24.7. The van der Waals surface area contributed by atoms with E-state index >= 15 is 0 Å². The molecule has 1 atom stereocenters. The molecule has 0 radical (unpaired) electrons. The van der Waals surface area contributed by atoms with Gasteiger partial charge >= 0.3 is 5.97 Å². The van der Waals surface area contributed by atoms with Gasteiger partial charge in [-0.2, -0.15) is 0 Å². The maximum atomic E-state index is 12.4. The number of carboxylic acid groups (broad SMARTS) is 1. The lowest BCUT2D eigenvalue weighted by Gasteiger charge is -2.24. The summed E-state index contributed by atoms with van der Waals surface area (Å²) in [6.07, 6.45) is 0.637. The zero-order chi connectivity index (χ0) is 12.5. The first-order valence-electron chi connectivity index (χ1n) is 5.29. The molecule has 2 N–H and O–H groups in total. The fraction of sp³-hybridized carbons (Fsp3) is 0.364. The maximum Gasteiger partial charge on any atom is 0.340 e. The van der Waals surface area contributed by atoms with Crippen molar-refractivity contribution in [2.24, 2.45) is 0 Å². The summed E-state index contributed by atoms with van der Waals surface area (Å²) in [5.74, 6) is -1.33. The van der Waals surface area contributed by atoms with Gasteiger partial charge in [-0.25, -0.2) is 13.2 Å². The highest BCUT2D eigenvalue weighted by Crippen LogP contribution is 2.31. The van der Waals surface area contributed by atoms with Crippen LogP contribution in [0.15, 0.2) is 35.2 Å². The molecule has 0 aliphatic carbocycles. The van der Waals surface area contributed by atoms with Crippen LogP contribution in [0.25, 0.3) is 0 Å². The van der Waals surface area contributed by atoms with E-state index in [2.05, 4.69) is 5.32 Å². The Hall–Kier alpha value is -1.40. The fourth-order valence-electron chi connectivity index (χ4n) is 2.04. The van der Waals surface area contributed by atoms with Crippen LogP contribution in [-0.2, 0) is 14.6 Å². The summed E-state index contributed by atoms with van der Waals surface area (Å²) in [4.78, 5) is 9.47. The van der Waals surface area contributed by atoms with Gasteiger partial charge in [-0.05, 0) is 31.5 Å². The molecule has 2 rings (SSSR count). The van der Waals surface area contributed by atoms with Crippen LogP contribution < -0.4 is 5.32 Å². The lowest BCUT2D eigenvalue weighted by Crippen LogP contribution is -2.54. The van der Waals surface area contributed by atoms with Crippen LogP contribution in [0.3, 0.4) is 0 Å². The molecule has 92 valence electrons. The highest BCUT2D eigenvalue weighted by atomic mass is 32.2. The number of carbonyl (C=O) groups is 1. The van der Waals surface area contributed by atoms with E-state index < -0.39 is 20.7 Å². The summed E-state index contributed by atoms with van der Waals surface area (Å²) in [6, 6.07) is 7.68. The van der Waals surface area contributed by atoms with Crippen molar-refractivity contribution < 1.29 is 18.3 Å².